The monoisotopic (exact) mass is 569 g/mol. The van der Waals surface area contributed by atoms with Crippen LogP contribution in [-0.4, -0.2) is 56.3 Å². The summed E-state index contributed by atoms with van der Waals surface area (Å²) < 4.78 is 27.9. The van der Waals surface area contributed by atoms with Crippen molar-refractivity contribution in [2.45, 2.75) is 51.5 Å². The van der Waals surface area contributed by atoms with Crippen molar-refractivity contribution in [3.8, 4) is 11.9 Å². The second-order valence-corrected chi connectivity index (χ2v) is 11.1. The van der Waals surface area contributed by atoms with Crippen LogP contribution >= 0.6 is 0 Å². The SMILES string of the molecule is N#Cc1ccc(COc2cccc(CC3CCCN(Cc4nc5ccc(C(=O)O)cc5n4C[C@@H]4CCO4)C3)n2)c(F)c1. The summed E-state index contributed by atoms with van der Waals surface area (Å²) in [5.74, 6) is 0.353. The van der Waals surface area contributed by atoms with Gasteiger partial charge in [0.1, 0.15) is 18.2 Å². The highest BCUT2D eigenvalue weighted by Gasteiger charge is 2.26. The van der Waals surface area contributed by atoms with Gasteiger partial charge in [-0.1, -0.05) is 12.1 Å². The number of carboxylic acids is 1. The lowest BCUT2D eigenvalue weighted by atomic mass is 9.93. The van der Waals surface area contributed by atoms with E-state index in [-0.39, 0.29) is 23.8 Å². The number of benzene rings is 2. The van der Waals surface area contributed by atoms with Gasteiger partial charge in [-0.3, -0.25) is 4.90 Å². The Bertz CT molecular complexity index is 1640. The second kappa shape index (κ2) is 12.3. The minimum atomic E-state index is -0.950. The van der Waals surface area contributed by atoms with Gasteiger partial charge in [0, 0.05) is 30.5 Å². The Balaban J connectivity index is 1.11. The minimum Gasteiger partial charge on any atom is -0.478 e. The lowest BCUT2D eigenvalue weighted by Gasteiger charge is -2.33. The summed E-state index contributed by atoms with van der Waals surface area (Å²) >= 11 is 0. The van der Waals surface area contributed by atoms with Crippen molar-refractivity contribution in [1.82, 2.24) is 19.4 Å². The number of carbonyl (C=O) groups is 1. The van der Waals surface area contributed by atoms with Crippen molar-refractivity contribution in [2.24, 2.45) is 5.92 Å². The molecule has 2 aromatic carbocycles. The maximum absolute atomic E-state index is 14.2. The molecule has 9 nitrogen and oxygen atoms in total. The zero-order chi connectivity index (χ0) is 29.1. The minimum absolute atomic E-state index is 0.0338. The summed E-state index contributed by atoms with van der Waals surface area (Å²) in [4.78, 5) is 23.6. The number of ether oxygens (including phenoxy) is 2. The van der Waals surface area contributed by atoms with E-state index in [1.807, 2.05) is 18.2 Å². The standard InChI is InChI=1S/C32H32FN5O4/c33-27-14-21(16-34)6-7-24(27)20-42-31-5-1-4-25(35-31)13-22-3-2-11-37(17-22)19-30-36-28-9-8-23(32(39)40)15-29(28)38(30)18-26-10-12-41-26/h1,4-9,14-15,22,26H,2-3,10-13,17-20H2,(H,39,40)/t22?,26-/m0/s1. The number of fused-ring (bicyclic) bond motifs is 1. The lowest BCUT2D eigenvalue weighted by molar-refractivity contribution is -0.0592. The molecule has 2 saturated heterocycles. The van der Waals surface area contributed by atoms with E-state index in [0.29, 0.717) is 30.5 Å². The highest BCUT2D eigenvalue weighted by molar-refractivity contribution is 5.92. The van der Waals surface area contributed by atoms with Crippen molar-refractivity contribution in [3.63, 3.8) is 0 Å². The molecule has 2 atom stereocenters. The number of halogens is 1. The smallest absolute Gasteiger partial charge is 0.335 e. The predicted molar refractivity (Wildman–Crippen MR) is 152 cm³/mol. The molecule has 2 aromatic heterocycles. The molecule has 0 saturated carbocycles. The first kappa shape index (κ1) is 27.8. The number of rotatable bonds is 10. The van der Waals surface area contributed by atoms with E-state index >= 15 is 0 Å². The van der Waals surface area contributed by atoms with Gasteiger partial charge in [0.2, 0.25) is 5.88 Å². The predicted octanol–water partition coefficient (Wildman–Crippen LogP) is 4.96. The van der Waals surface area contributed by atoms with Crippen molar-refractivity contribution in [3.05, 3.63) is 88.6 Å². The van der Waals surface area contributed by atoms with Gasteiger partial charge in [-0.25, -0.2) is 19.2 Å². The van der Waals surface area contributed by atoms with Crippen molar-refractivity contribution in [2.75, 3.05) is 19.7 Å². The molecule has 0 bridgehead atoms. The maximum atomic E-state index is 14.2. The Labute approximate surface area is 243 Å². The number of imidazole rings is 1. The normalized spacial score (nSPS) is 18.9. The van der Waals surface area contributed by atoms with Crippen LogP contribution in [0.2, 0.25) is 0 Å². The molecule has 42 heavy (non-hydrogen) atoms. The summed E-state index contributed by atoms with van der Waals surface area (Å²) in [5.41, 5.74) is 3.45. The Morgan fingerprint density at radius 3 is 2.81 bits per heavy atom. The average Bonchev–Trinajstić information content (AvgIpc) is 3.30. The molecule has 0 aliphatic carbocycles. The first-order chi connectivity index (χ1) is 20.4. The number of nitrogens with zero attached hydrogens (tertiary/aromatic N) is 5. The van der Waals surface area contributed by atoms with Gasteiger partial charge in [-0.15, -0.1) is 0 Å². The summed E-state index contributed by atoms with van der Waals surface area (Å²) in [7, 11) is 0. The highest BCUT2D eigenvalue weighted by Crippen LogP contribution is 2.26. The van der Waals surface area contributed by atoms with E-state index in [2.05, 4.69) is 14.5 Å². The number of hydrogen-bond donors (Lipinski definition) is 1. The van der Waals surface area contributed by atoms with E-state index < -0.39 is 11.8 Å². The van der Waals surface area contributed by atoms with Gasteiger partial charge >= 0.3 is 5.97 Å². The molecule has 0 amide bonds. The van der Waals surface area contributed by atoms with E-state index in [4.69, 9.17) is 19.7 Å². The Morgan fingerprint density at radius 2 is 2.05 bits per heavy atom. The summed E-state index contributed by atoms with van der Waals surface area (Å²) in [6.45, 7) is 3.99. The number of aromatic nitrogens is 3. The molecule has 0 spiro atoms. The van der Waals surface area contributed by atoms with Crippen LogP contribution in [0.5, 0.6) is 5.88 Å². The van der Waals surface area contributed by atoms with E-state index in [1.165, 1.54) is 6.07 Å². The molecule has 1 N–H and O–H groups in total. The van der Waals surface area contributed by atoms with Gasteiger partial charge in [-0.2, -0.15) is 5.26 Å². The van der Waals surface area contributed by atoms with Crippen LogP contribution in [0.15, 0.2) is 54.6 Å². The highest BCUT2D eigenvalue weighted by atomic mass is 19.1. The average molecular weight is 570 g/mol. The fourth-order valence-electron chi connectivity index (χ4n) is 5.76. The molecule has 10 heteroatoms. The molecule has 2 aliphatic rings. The van der Waals surface area contributed by atoms with Crippen LogP contribution in [0.4, 0.5) is 4.39 Å². The van der Waals surface area contributed by atoms with E-state index in [1.54, 1.807) is 36.4 Å². The second-order valence-electron chi connectivity index (χ2n) is 11.1. The van der Waals surface area contributed by atoms with Crippen LogP contribution in [-0.2, 0) is 30.9 Å². The number of pyridine rings is 1. The molecule has 6 rings (SSSR count). The van der Waals surface area contributed by atoms with Crippen LogP contribution in [0.3, 0.4) is 0 Å². The fourth-order valence-corrected chi connectivity index (χ4v) is 5.76. The Morgan fingerprint density at radius 1 is 1.17 bits per heavy atom. The third kappa shape index (κ3) is 6.27. The summed E-state index contributed by atoms with van der Waals surface area (Å²) in [6, 6.07) is 17.0. The number of likely N-dealkylation sites (tertiary alicyclic amines) is 1. The summed E-state index contributed by atoms with van der Waals surface area (Å²) in [5, 5.41) is 18.5. The van der Waals surface area contributed by atoms with Crippen LogP contribution in [0.1, 0.15) is 52.3 Å². The van der Waals surface area contributed by atoms with Gasteiger partial charge < -0.3 is 19.1 Å². The van der Waals surface area contributed by atoms with Crippen molar-refractivity contribution in [1.29, 1.82) is 5.26 Å². The first-order valence-corrected chi connectivity index (χ1v) is 14.3. The number of nitriles is 1. The molecule has 2 fully saturated rings. The molecule has 0 radical (unpaired) electrons. The molecule has 216 valence electrons. The molecule has 1 unspecified atom stereocenters. The van der Waals surface area contributed by atoms with Crippen LogP contribution in [0, 0.1) is 23.1 Å². The third-order valence-electron chi connectivity index (χ3n) is 8.06. The third-order valence-corrected chi connectivity index (χ3v) is 8.06. The Hall–Kier alpha value is -4.33. The van der Waals surface area contributed by atoms with Gasteiger partial charge in [-0.05, 0) is 74.5 Å². The number of aromatic carboxylic acids is 1. The number of hydrogen-bond acceptors (Lipinski definition) is 7. The molecule has 4 aromatic rings. The van der Waals surface area contributed by atoms with Gasteiger partial charge in [0.25, 0.3) is 0 Å². The number of piperidine rings is 1. The molecular weight excluding hydrogens is 537 g/mol. The van der Waals surface area contributed by atoms with Crippen LogP contribution in [0.25, 0.3) is 11.0 Å². The zero-order valence-corrected chi connectivity index (χ0v) is 23.2. The molecular formula is C32H32FN5O4. The maximum Gasteiger partial charge on any atom is 0.335 e. The van der Waals surface area contributed by atoms with Crippen LogP contribution < -0.4 is 4.74 Å². The van der Waals surface area contributed by atoms with E-state index in [0.717, 1.165) is 67.9 Å². The molecule has 2 aliphatic heterocycles. The van der Waals surface area contributed by atoms with Crippen molar-refractivity contribution < 1.29 is 23.8 Å². The van der Waals surface area contributed by atoms with Crippen molar-refractivity contribution >= 4 is 17.0 Å². The number of carboxylic acid groups (broad SMARTS) is 1. The fraction of sp³-hybridized carbons (Fsp3) is 0.375. The topological polar surface area (TPSA) is 114 Å². The van der Waals surface area contributed by atoms with Gasteiger partial charge in [0.05, 0.1) is 47.4 Å². The summed E-state index contributed by atoms with van der Waals surface area (Å²) in [6.07, 6.45) is 4.06. The van der Waals surface area contributed by atoms with E-state index in [9.17, 15) is 14.3 Å². The first-order valence-electron chi connectivity index (χ1n) is 14.3. The van der Waals surface area contributed by atoms with Gasteiger partial charge in [0.15, 0.2) is 0 Å². The molecule has 4 heterocycles. The lowest BCUT2D eigenvalue weighted by Crippen LogP contribution is -2.37. The Kier molecular flexibility index (Phi) is 8.13. The quantitative estimate of drug-likeness (QED) is 0.285. The largest absolute Gasteiger partial charge is 0.478 e. The zero-order valence-electron chi connectivity index (χ0n) is 23.2.